The van der Waals surface area contributed by atoms with Crippen LogP contribution in [0.1, 0.15) is 12.7 Å². The van der Waals surface area contributed by atoms with E-state index in [4.69, 9.17) is 11.6 Å². The van der Waals surface area contributed by atoms with E-state index >= 15 is 0 Å². The number of H-pyrrole nitrogens is 1. The van der Waals surface area contributed by atoms with Gasteiger partial charge in [0, 0.05) is 49.3 Å². The first kappa shape index (κ1) is 17.0. The number of imidazole rings is 1. The van der Waals surface area contributed by atoms with Crippen LogP contribution in [-0.4, -0.2) is 57.9 Å². The Bertz CT molecular complexity index is 667. The summed E-state index contributed by atoms with van der Waals surface area (Å²) in [6.45, 7) is 6.35. The highest BCUT2D eigenvalue weighted by molar-refractivity contribution is 6.30. The molecular formula is C17H22ClN5O. The molecule has 0 saturated carbocycles. The summed E-state index contributed by atoms with van der Waals surface area (Å²) in [5.74, 6) is 0.979. The van der Waals surface area contributed by atoms with Gasteiger partial charge in [-0.1, -0.05) is 17.7 Å². The van der Waals surface area contributed by atoms with Crippen molar-refractivity contribution in [1.29, 1.82) is 0 Å². The van der Waals surface area contributed by atoms with E-state index in [2.05, 4.69) is 25.1 Å². The number of carbonyl (C=O) groups is 1. The highest BCUT2D eigenvalue weighted by Crippen LogP contribution is 2.16. The number of hydrogen-bond acceptors (Lipinski definition) is 4. The van der Waals surface area contributed by atoms with Crippen LogP contribution in [0.15, 0.2) is 36.7 Å². The molecule has 128 valence electrons. The number of aromatic amines is 1. The summed E-state index contributed by atoms with van der Waals surface area (Å²) in [6.07, 6.45) is 3.61. The number of amides is 1. The lowest BCUT2D eigenvalue weighted by molar-refractivity contribution is -0.121. The predicted octanol–water partition coefficient (Wildman–Crippen LogP) is 2.21. The van der Waals surface area contributed by atoms with Gasteiger partial charge in [-0.05, 0) is 25.1 Å². The van der Waals surface area contributed by atoms with Gasteiger partial charge in [-0.15, -0.1) is 0 Å². The normalized spacial score (nSPS) is 17.6. The maximum atomic E-state index is 12.4. The zero-order chi connectivity index (χ0) is 16.9. The number of nitrogens with zero attached hydrogens (tertiary/aromatic N) is 3. The average molecular weight is 348 g/mol. The molecule has 1 aromatic heterocycles. The molecule has 1 saturated heterocycles. The summed E-state index contributed by atoms with van der Waals surface area (Å²) in [4.78, 5) is 24.4. The van der Waals surface area contributed by atoms with E-state index in [0.29, 0.717) is 5.02 Å². The third kappa shape index (κ3) is 4.35. The molecule has 1 aliphatic rings. The maximum Gasteiger partial charge on any atom is 0.241 e. The molecule has 2 aromatic rings. The van der Waals surface area contributed by atoms with Gasteiger partial charge in [-0.2, -0.15) is 0 Å². The minimum Gasteiger partial charge on any atom is -0.348 e. The molecule has 1 atom stereocenters. The van der Waals surface area contributed by atoms with Gasteiger partial charge in [0.1, 0.15) is 5.82 Å². The molecule has 24 heavy (non-hydrogen) atoms. The van der Waals surface area contributed by atoms with E-state index in [9.17, 15) is 4.79 Å². The molecule has 2 heterocycles. The number of hydrogen-bond donors (Lipinski definition) is 2. The lowest BCUT2D eigenvalue weighted by Gasteiger charge is -2.37. The Kier molecular flexibility index (Phi) is 5.50. The Labute approximate surface area is 146 Å². The van der Waals surface area contributed by atoms with Crippen molar-refractivity contribution in [3.05, 3.63) is 47.5 Å². The topological polar surface area (TPSA) is 64.3 Å². The number of benzene rings is 1. The lowest BCUT2D eigenvalue weighted by Crippen LogP contribution is -2.52. The van der Waals surface area contributed by atoms with E-state index in [0.717, 1.165) is 44.2 Å². The van der Waals surface area contributed by atoms with Crippen LogP contribution in [0.3, 0.4) is 0 Å². The Morgan fingerprint density at radius 1 is 1.38 bits per heavy atom. The van der Waals surface area contributed by atoms with Crippen molar-refractivity contribution < 1.29 is 4.79 Å². The number of halogens is 1. The minimum absolute atomic E-state index is 0.00301. The first-order valence-electron chi connectivity index (χ1n) is 8.13. The molecule has 1 fully saturated rings. The molecular weight excluding hydrogens is 326 g/mol. The van der Waals surface area contributed by atoms with Gasteiger partial charge >= 0.3 is 0 Å². The van der Waals surface area contributed by atoms with Crippen LogP contribution < -0.4 is 5.32 Å². The third-order valence-corrected chi connectivity index (χ3v) is 4.59. The average Bonchev–Trinajstić information content (AvgIpc) is 3.08. The van der Waals surface area contributed by atoms with Crippen molar-refractivity contribution in [3.63, 3.8) is 0 Å². The summed E-state index contributed by atoms with van der Waals surface area (Å²) >= 11 is 5.96. The van der Waals surface area contributed by atoms with Crippen molar-refractivity contribution in [3.8, 4) is 0 Å². The molecule has 0 spiro atoms. The predicted molar refractivity (Wildman–Crippen MR) is 95.0 cm³/mol. The summed E-state index contributed by atoms with van der Waals surface area (Å²) in [7, 11) is 0. The molecule has 1 aromatic carbocycles. The number of anilines is 1. The highest BCUT2D eigenvalue weighted by atomic mass is 35.5. The van der Waals surface area contributed by atoms with Crippen molar-refractivity contribution in [2.75, 3.05) is 31.5 Å². The molecule has 7 heteroatoms. The molecule has 0 bridgehead atoms. The molecule has 0 aliphatic carbocycles. The van der Waals surface area contributed by atoms with Gasteiger partial charge in [0.2, 0.25) is 5.91 Å². The number of piperazine rings is 1. The highest BCUT2D eigenvalue weighted by Gasteiger charge is 2.25. The summed E-state index contributed by atoms with van der Waals surface area (Å²) in [5, 5.41) is 3.55. The number of carbonyl (C=O) groups excluding carboxylic acids is 1. The molecule has 0 radical (unpaired) electrons. The van der Waals surface area contributed by atoms with E-state index in [1.807, 2.05) is 25.3 Å². The fourth-order valence-electron chi connectivity index (χ4n) is 2.88. The molecule has 1 amide bonds. The van der Waals surface area contributed by atoms with Crippen LogP contribution in [0.2, 0.25) is 5.02 Å². The van der Waals surface area contributed by atoms with Crippen LogP contribution in [0.5, 0.6) is 0 Å². The van der Waals surface area contributed by atoms with Gasteiger partial charge in [0.05, 0.1) is 12.6 Å². The summed E-state index contributed by atoms with van der Waals surface area (Å²) in [5.41, 5.74) is 0.732. The number of aromatic nitrogens is 2. The van der Waals surface area contributed by atoms with Crippen LogP contribution in [-0.2, 0) is 11.3 Å². The smallest absolute Gasteiger partial charge is 0.241 e. The van der Waals surface area contributed by atoms with Crippen molar-refractivity contribution in [2.24, 2.45) is 0 Å². The molecule has 6 nitrogen and oxygen atoms in total. The van der Waals surface area contributed by atoms with Crippen molar-refractivity contribution in [2.45, 2.75) is 19.5 Å². The van der Waals surface area contributed by atoms with Gasteiger partial charge in [0.15, 0.2) is 0 Å². The van der Waals surface area contributed by atoms with Crippen LogP contribution >= 0.6 is 11.6 Å². The van der Waals surface area contributed by atoms with Gasteiger partial charge in [0.25, 0.3) is 0 Å². The van der Waals surface area contributed by atoms with Crippen molar-refractivity contribution in [1.82, 2.24) is 19.8 Å². The minimum atomic E-state index is -0.172. The van der Waals surface area contributed by atoms with Gasteiger partial charge in [-0.3, -0.25) is 14.6 Å². The Balaban J connectivity index is 1.49. The Hall–Kier alpha value is -1.89. The van der Waals surface area contributed by atoms with E-state index in [1.165, 1.54) is 0 Å². The number of rotatable bonds is 5. The number of nitrogens with one attached hydrogen (secondary N) is 2. The first-order chi connectivity index (χ1) is 11.6. The van der Waals surface area contributed by atoms with E-state index in [1.54, 1.807) is 18.3 Å². The second-order valence-electron chi connectivity index (χ2n) is 6.02. The quantitative estimate of drug-likeness (QED) is 0.870. The second kappa shape index (κ2) is 7.79. The maximum absolute atomic E-state index is 12.4. The molecule has 1 aliphatic heterocycles. The summed E-state index contributed by atoms with van der Waals surface area (Å²) in [6, 6.07) is 7.05. The third-order valence-electron chi connectivity index (χ3n) is 4.35. The Morgan fingerprint density at radius 2 is 2.17 bits per heavy atom. The molecule has 3 rings (SSSR count). The SMILES string of the molecule is C[C@@H](C(=O)Nc1cccc(Cl)c1)N1CCN(Cc2ncc[nH]2)CC1. The standard InChI is InChI=1S/C17H22ClN5O/c1-13(17(24)21-15-4-2-3-14(18)11-15)23-9-7-22(8-10-23)12-16-19-5-6-20-16/h2-6,11,13H,7-10,12H2,1H3,(H,19,20)(H,21,24)/t13-/m0/s1. The van der Waals surface area contributed by atoms with Crippen LogP contribution in [0.4, 0.5) is 5.69 Å². The van der Waals surface area contributed by atoms with E-state index < -0.39 is 0 Å². The first-order valence-corrected chi connectivity index (χ1v) is 8.51. The zero-order valence-corrected chi connectivity index (χ0v) is 14.5. The second-order valence-corrected chi connectivity index (χ2v) is 6.46. The fourth-order valence-corrected chi connectivity index (χ4v) is 3.07. The van der Waals surface area contributed by atoms with Gasteiger partial charge in [-0.25, -0.2) is 4.98 Å². The van der Waals surface area contributed by atoms with Gasteiger partial charge < -0.3 is 10.3 Å². The monoisotopic (exact) mass is 347 g/mol. The lowest BCUT2D eigenvalue weighted by atomic mass is 10.2. The summed E-state index contributed by atoms with van der Waals surface area (Å²) < 4.78 is 0. The van der Waals surface area contributed by atoms with Crippen molar-refractivity contribution >= 4 is 23.2 Å². The Morgan fingerprint density at radius 3 is 2.83 bits per heavy atom. The molecule has 0 unspecified atom stereocenters. The largest absolute Gasteiger partial charge is 0.348 e. The fraction of sp³-hybridized carbons (Fsp3) is 0.412. The zero-order valence-electron chi connectivity index (χ0n) is 13.7. The molecule has 2 N–H and O–H groups in total. The van der Waals surface area contributed by atoms with Crippen LogP contribution in [0, 0.1) is 0 Å². The van der Waals surface area contributed by atoms with E-state index in [-0.39, 0.29) is 11.9 Å². The van der Waals surface area contributed by atoms with Crippen LogP contribution in [0.25, 0.3) is 0 Å².